The first-order valence-electron chi connectivity index (χ1n) is 3.07. The van der Waals surface area contributed by atoms with Crippen LogP contribution in [-0.4, -0.2) is 13.4 Å². The van der Waals surface area contributed by atoms with Crippen molar-refractivity contribution < 1.29 is 8.42 Å². The Hall–Kier alpha value is -0.650. The predicted octanol–water partition coefficient (Wildman–Crippen LogP) is 0.691. The number of halogens is 1. The van der Waals surface area contributed by atoms with Gasteiger partial charge in [0.25, 0.3) is 0 Å². The second-order valence-corrected chi connectivity index (χ2v) is 4.15. The van der Waals surface area contributed by atoms with E-state index in [-0.39, 0.29) is 10.0 Å². The van der Waals surface area contributed by atoms with Crippen molar-refractivity contribution in [2.24, 2.45) is 5.14 Å². The minimum Gasteiger partial charge on any atom is -0.243 e. The van der Waals surface area contributed by atoms with Crippen LogP contribution in [0.15, 0.2) is 17.2 Å². The molecule has 2 N–H and O–H groups in total. The van der Waals surface area contributed by atoms with Gasteiger partial charge in [-0.2, -0.15) is 0 Å². The summed E-state index contributed by atoms with van der Waals surface area (Å²) in [6, 6.07) is 1.53. The highest BCUT2D eigenvalue weighted by Gasteiger charge is 2.16. The number of primary sulfonamides is 1. The van der Waals surface area contributed by atoms with Crippen molar-refractivity contribution >= 4 is 21.6 Å². The maximum absolute atomic E-state index is 10.9. The van der Waals surface area contributed by atoms with Crippen LogP contribution in [0, 0.1) is 6.92 Å². The third-order valence-corrected chi connectivity index (χ3v) is 2.83. The Kier molecular flexibility index (Phi) is 2.36. The van der Waals surface area contributed by atoms with Crippen molar-refractivity contribution in [1.29, 1.82) is 0 Å². The summed E-state index contributed by atoms with van der Waals surface area (Å²) in [5.41, 5.74) is 0.498. The third kappa shape index (κ3) is 1.74. The van der Waals surface area contributed by atoms with Gasteiger partial charge in [-0.1, -0.05) is 11.6 Å². The Morgan fingerprint density at radius 3 is 2.50 bits per heavy atom. The lowest BCUT2D eigenvalue weighted by molar-refractivity contribution is 0.597. The number of nitrogens with zero attached hydrogens (tertiary/aromatic N) is 1. The third-order valence-electron chi connectivity index (χ3n) is 1.34. The lowest BCUT2D eigenvalue weighted by atomic mass is 10.3. The molecule has 0 amide bonds. The predicted molar refractivity (Wildman–Crippen MR) is 45.4 cm³/mol. The maximum atomic E-state index is 10.9. The van der Waals surface area contributed by atoms with Crippen LogP contribution in [0.5, 0.6) is 0 Å². The molecular weight excluding hydrogens is 200 g/mol. The van der Waals surface area contributed by atoms with E-state index in [1.165, 1.54) is 12.3 Å². The first-order chi connectivity index (χ1) is 5.43. The van der Waals surface area contributed by atoms with Gasteiger partial charge in [0, 0.05) is 6.20 Å². The first kappa shape index (κ1) is 9.44. The van der Waals surface area contributed by atoms with E-state index in [2.05, 4.69) is 4.98 Å². The summed E-state index contributed by atoms with van der Waals surface area (Å²) >= 11 is 5.54. The molecule has 66 valence electrons. The summed E-state index contributed by atoms with van der Waals surface area (Å²) < 4.78 is 21.9. The molecule has 0 aliphatic heterocycles. The summed E-state index contributed by atoms with van der Waals surface area (Å²) in [6.45, 7) is 1.60. The molecule has 0 fully saturated rings. The van der Waals surface area contributed by atoms with Gasteiger partial charge in [-0.3, -0.25) is 0 Å². The average molecular weight is 207 g/mol. The zero-order valence-corrected chi connectivity index (χ0v) is 7.85. The zero-order valence-electron chi connectivity index (χ0n) is 6.28. The van der Waals surface area contributed by atoms with Crippen LogP contribution in [0.25, 0.3) is 0 Å². The molecule has 1 heterocycles. The van der Waals surface area contributed by atoms with Gasteiger partial charge in [-0.25, -0.2) is 18.5 Å². The molecule has 0 aliphatic rings. The van der Waals surface area contributed by atoms with Gasteiger partial charge >= 0.3 is 0 Å². The highest BCUT2D eigenvalue weighted by molar-refractivity contribution is 7.89. The van der Waals surface area contributed by atoms with Crippen molar-refractivity contribution in [3.63, 3.8) is 0 Å². The van der Waals surface area contributed by atoms with Crippen molar-refractivity contribution in [3.8, 4) is 0 Å². The first-order valence-corrected chi connectivity index (χ1v) is 4.99. The molecule has 4 nitrogen and oxygen atoms in total. The highest BCUT2D eigenvalue weighted by atomic mass is 35.5. The van der Waals surface area contributed by atoms with Crippen LogP contribution in [-0.2, 0) is 10.0 Å². The van der Waals surface area contributed by atoms with Crippen LogP contribution in [0.1, 0.15) is 5.56 Å². The van der Waals surface area contributed by atoms with Crippen molar-refractivity contribution in [3.05, 3.63) is 23.0 Å². The molecule has 0 spiro atoms. The summed E-state index contributed by atoms with van der Waals surface area (Å²) in [5.74, 6) is 0. The summed E-state index contributed by atoms with van der Waals surface area (Å²) in [6.07, 6.45) is 1.42. The molecule has 0 bridgehead atoms. The molecule has 0 atom stereocenters. The zero-order chi connectivity index (χ0) is 9.35. The summed E-state index contributed by atoms with van der Waals surface area (Å²) in [7, 11) is -3.76. The Balaban J connectivity index is 3.53. The van der Waals surface area contributed by atoms with E-state index >= 15 is 0 Å². The number of pyridine rings is 1. The van der Waals surface area contributed by atoms with Gasteiger partial charge in [0.1, 0.15) is 10.0 Å². The molecule has 0 aromatic carbocycles. The van der Waals surface area contributed by atoms with Gasteiger partial charge in [0.2, 0.25) is 10.0 Å². The van der Waals surface area contributed by atoms with E-state index in [0.717, 1.165) is 0 Å². The monoisotopic (exact) mass is 206 g/mol. The van der Waals surface area contributed by atoms with Gasteiger partial charge in [0.05, 0.1) is 0 Å². The smallest absolute Gasteiger partial charge is 0.241 e. The number of aromatic nitrogens is 1. The fraction of sp³-hybridized carbons (Fsp3) is 0.167. The number of sulfonamides is 1. The minimum atomic E-state index is -3.76. The Labute approximate surface area is 75.4 Å². The lowest BCUT2D eigenvalue weighted by Gasteiger charge is -2.02. The van der Waals surface area contributed by atoms with Crippen LogP contribution in [0.2, 0.25) is 5.15 Å². The van der Waals surface area contributed by atoms with E-state index in [0.29, 0.717) is 5.56 Å². The number of aryl methyl sites for hydroxylation is 1. The Bertz CT molecular complexity index is 382. The van der Waals surface area contributed by atoms with Crippen LogP contribution >= 0.6 is 11.6 Å². The second kappa shape index (κ2) is 3.01. The lowest BCUT2D eigenvalue weighted by Crippen LogP contribution is -2.14. The topological polar surface area (TPSA) is 73.0 Å². The average Bonchev–Trinajstić information content (AvgIpc) is 1.82. The number of rotatable bonds is 1. The number of hydrogen-bond donors (Lipinski definition) is 1. The SMILES string of the molecule is Cc1ccnc(Cl)c1S(N)(=O)=O. The molecule has 1 aromatic rings. The summed E-state index contributed by atoms with van der Waals surface area (Å²) in [5, 5.41) is 4.82. The van der Waals surface area contributed by atoms with Gasteiger partial charge in [0.15, 0.2) is 0 Å². The molecule has 6 heteroatoms. The largest absolute Gasteiger partial charge is 0.243 e. The van der Waals surface area contributed by atoms with E-state index in [1.807, 2.05) is 0 Å². The molecule has 0 radical (unpaired) electrons. The second-order valence-electron chi connectivity index (χ2n) is 2.29. The molecule has 1 aromatic heterocycles. The van der Waals surface area contributed by atoms with E-state index < -0.39 is 10.0 Å². The molecule has 0 unspecified atom stereocenters. The van der Waals surface area contributed by atoms with Crippen molar-refractivity contribution in [2.45, 2.75) is 11.8 Å². The molecular formula is C6H7ClN2O2S. The fourth-order valence-corrected chi connectivity index (χ4v) is 2.19. The Morgan fingerprint density at radius 2 is 2.17 bits per heavy atom. The molecule has 0 saturated heterocycles. The number of nitrogens with two attached hydrogens (primary N) is 1. The van der Waals surface area contributed by atoms with E-state index in [4.69, 9.17) is 16.7 Å². The van der Waals surface area contributed by atoms with Gasteiger partial charge < -0.3 is 0 Å². The molecule has 0 saturated carbocycles. The van der Waals surface area contributed by atoms with Crippen molar-refractivity contribution in [2.75, 3.05) is 0 Å². The van der Waals surface area contributed by atoms with E-state index in [9.17, 15) is 8.42 Å². The maximum Gasteiger partial charge on any atom is 0.241 e. The molecule has 1 rings (SSSR count). The molecule has 12 heavy (non-hydrogen) atoms. The van der Waals surface area contributed by atoms with Crippen LogP contribution < -0.4 is 5.14 Å². The van der Waals surface area contributed by atoms with Crippen LogP contribution in [0.3, 0.4) is 0 Å². The van der Waals surface area contributed by atoms with Gasteiger partial charge in [-0.15, -0.1) is 0 Å². The molecule has 0 aliphatic carbocycles. The Morgan fingerprint density at radius 1 is 1.58 bits per heavy atom. The van der Waals surface area contributed by atoms with Crippen LogP contribution in [0.4, 0.5) is 0 Å². The quantitative estimate of drug-likeness (QED) is 0.688. The normalized spacial score (nSPS) is 11.6. The standard InChI is InChI=1S/C6H7ClN2O2S/c1-4-2-3-9-6(7)5(4)12(8,10)11/h2-3H,1H3,(H2,8,10,11). The summed E-state index contributed by atoms with van der Waals surface area (Å²) in [4.78, 5) is 3.51. The highest BCUT2D eigenvalue weighted by Crippen LogP contribution is 2.20. The minimum absolute atomic E-state index is 0.0856. The fourth-order valence-electron chi connectivity index (χ4n) is 0.853. The van der Waals surface area contributed by atoms with Gasteiger partial charge in [-0.05, 0) is 18.6 Å². The van der Waals surface area contributed by atoms with E-state index in [1.54, 1.807) is 6.92 Å². The number of hydrogen-bond acceptors (Lipinski definition) is 3. The van der Waals surface area contributed by atoms with Crippen molar-refractivity contribution in [1.82, 2.24) is 4.98 Å².